The summed E-state index contributed by atoms with van der Waals surface area (Å²) in [5.74, 6) is 0. The summed E-state index contributed by atoms with van der Waals surface area (Å²) in [6.45, 7) is 0. The van der Waals surface area contributed by atoms with Crippen LogP contribution in [0.3, 0.4) is 0 Å². The van der Waals surface area contributed by atoms with Crippen LogP contribution < -0.4 is 4.90 Å². The Hall–Kier alpha value is -7.16. The van der Waals surface area contributed by atoms with E-state index in [4.69, 9.17) is 4.42 Å². The van der Waals surface area contributed by atoms with E-state index in [0.717, 1.165) is 55.7 Å². The van der Waals surface area contributed by atoms with Crippen molar-refractivity contribution in [1.29, 1.82) is 0 Å². The van der Waals surface area contributed by atoms with Crippen molar-refractivity contribution >= 4 is 49.8 Å². The molecule has 9 aromatic carbocycles. The van der Waals surface area contributed by atoms with E-state index < -0.39 is 0 Å². The van der Waals surface area contributed by atoms with Gasteiger partial charge in [0, 0.05) is 27.8 Å². The first-order valence-electron chi connectivity index (χ1n) is 18.4. The maximum atomic E-state index is 6.61. The molecular weight excluding hydrogens is 655 g/mol. The quantitative estimate of drug-likeness (QED) is 0.166. The highest BCUT2D eigenvalue weighted by atomic mass is 16.3. The molecule has 0 spiro atoms. The molecule has 0 aliphatic heterocycles. The molecule has 54 heavy (non-hydrogen) atoms. The Morgan fingerprint density at radius 3 is 1.52 bits per heavy atom. The lowest BCUT2D eigenvalue weighted by molar-refractivity contribution is 0.669. The van der Waals surface area contributed by atoms with Gasteiger partial charge >= 0.3 is 0 Å². The number of hydrogen-bond donors (Lipinski definition) is 0. The second-order valence-corrected chi connectivity index (χ2v) is 13.7. The highest BCUT2D eigenvalue weighted by Gasteiger charge is 2.18. The summed E-state index contributed by atoms with van der Waals surface area (Å²) >= 11 is 0. The van der Waals surface area contributed by atoms with E-state index in [-0.39, 0.29) is 0 Å². The minimum absolute atomic E-state index is 0.896. The fraction of sp³-hybridized carbons (Fsp3) is 0. The molecule has 10 rings (SSSR count). The maximum Gasteiger partial charge on any atom is 0.136 e. The van der Waals surface area contributed by atoms with Gasteiger partial charge < -0.3 is 9.32 Å². The molecule has 2 nitrogen and oxygen atoms in total. The van der Waals surface area contributed by atoms with Crippen LogP contribution >= 0.6 is 0 Å². The number of hydrogen-bond acceptors (Lipinski definition) is 2. The summed E-state index contributed by atoms with van der Waals surface area (Å²) in [5.41, 5.74) is 14.5. The normalized spacial score (nSPS) is 11.3. The lowest BCUT2D eigenvalue weighted by Gasteiger charge is -2.26. The third-order valence-corrected chi connectivity index (χ3v) is 10.5. The Bertz CT molecular complexity index is 2890. The van der Waals surface area contributed by atoms with Crippen LogP contribution in [0.15, 0.2) is 217 Å². The Morgan fingerprint density at radius 2 is 0.778 bits per heavy atom. The van der Waals surface area contributed by atoms with E-state index >= 15 is 0 Å². The molecule has 1 heterocycles. The standard InChI is InChI=1S/C52H35NO/c1-4-14-36(15-5-1)37-30-32-43(33-31-37)53(42-19-8-3-9-20-42)44-21-12-18-41(34-44)38-26-28-40(29-27-38)45-24-13-25-49-51(45)52-47-23-11-10-22-46(47)48(35-50(52)54-49)39-16-6-2-7-17-39/h1-35H. The molecule has 0 atom stereocenters. The zero-order chi connectivity index (χ0) is 35.8. The first kappa shape index (κ1) is 31.6. The van der Waals surface area contributed by atoms with Gasteiger partial charge in [-0.2, -0.15) is 0 Å². The molecule has 0 aliphatic carbocycles. The van der Waals surface area contributed by atoms with Gasteiger partial charge in [-0.1, -0.05) is 164 Å². The summed E-state index contributed by atoms with van der Waals surface area (Å²) in [6, 6.07) is 75.6. The van der Waals surface area contributed by atoms with E-state index in [1.165, 1.54) is 38.6 Å². The fourth-order valence-corrected chi connectivity index (χ4v) is 7.90. The number of anilines is 3. The zero-order valence-corrected chi connectivity index (χ0v) is 29.6. The van der Waals surface area contributed by atoms with Crippen molar-refractivity contribution in [3.63, 3.8) is 0 Å². The van der Waals surface area contributed by atoms with Crippen molar-refractivity contribution < 1.29 is 4.42 Å². The molecule has 0 aliphatic rings. The predicted octanol–water partition coefficient (Wildman–Crippen LogP) is 14.9. The Balaban J connectivity index is 1.03. The van der Waals surface area contributed by atoms with Gasteiger partial charge in [0.2, 0.25) is 0 Å². The van der Waals surface area contributed by atoms with Crippen LogP contribution in [0.5, 0.6) is 0 Å². The summed E-state index contributed by atoms with van der Waals surface area (Å²) in [6.07, 6.45) is 0. The monoisotopic (exact) mass is 689 g/mol. The largest absolute Gasteiger partial charge is 0.456 e. The highest BCUT2D eigenvalue weighted by Crippen LogP contribution is 2.44. The molecule has 254 valence electrons. The first-order valence-corrected chi connectivity index (χ1v) is 18.4. The smallest absolute Gasteiger partial charge is 0.136 e. The van der Waals surface area contributed by atoms with Crippen LogP contribution in [-0.4, -0.2) is 0 Å². The van der Waals surface area contributed by atoms with Gasteiger partial charge in [-0.25, -0.2) is 0 Å². The molecule has 0 fully saturated rings. The van der Waals surface area contributed by atoms with Crippen LogP contribution in [0.2, 0.25) is 0 Å². The van der Waals surface area contributed by atoms with Gasteiger partial charge in [-0.15, -0.1) is 0 Å². The number of furan rings is 1. The SMILES string of the molecule is c1ccc(-c2ccc(N(c3ccccc3)c3cccc(-c4ccc(-c5cccc6oc7cc(-c8ccccc8)c8ccccc8c7c56)cc4)c3)cc2)cc1. The van der Waals surface area contributed by atoms with Crippen LogP contribution in [0.25, 0.3) is 77.2 Å². The third kappa shape index (κ3) is 5.62. The molecule has 0 amide bonds. The van der Waals surface area contributed by atoms with Crippen molar-refractivity contribution in [3.8, 4) is 44.5 Å². The topological polar surface area (TPSA) is 16.4 Å². The van der Waals surface area contributed by atoms with Crippen molar-refractivity contribution in [1.82, 2.24) is 0 Å². The summed E-state index contributed by atoms with van der Waals surface area (Å²) in [5, 5.41) is 4.73. The van der Waals surface area contributed by atoms with Gasteiger partial charge in [0.25, 0.3) is 0 Å². The van der Waals surface area contributed by atoms with Crippen LogP contribution in [0.4, 0.5) is 17.1 Å². The number of fused-ring (bicyclic) bond motifs is 5. The van der Waals surface area contributed by atoms with E-state index in [9.17, 15) is 0 Å². The molecule has 0 saturated heterocycles. The van der Waals surface area contributed by atoms with Gasteiger partial charge in [-0.3, -0.25) is 0 Å². The van der Waals surface area contributed by atoms with Crippen molar-refractivity contribution in [3.05, 3.63) is 212 Å². The molecule has 1 aromatic heterocycles. The number of rotatable bonds is 7. The van der Waals surface area contributed by atoms with Crippen LogP contribution in [0.1, 0.15) is 0 Å². The third-order valence-electron chi connectivity index (χ3n) is 10.5. The average Bonchev–Trinajstić information content (AvgIpc) is 3.64. The summed E-state index contributed by atoms with van der Waals surface area (Å²) in [4.78, 5) is 2.32. The summed E-state index contributed by atoms with van der Waals surface area (Å²) in [7, 11) is 0. The second-order valence-electron chi connectivity index (χ2n) is 13.7. The number of para-hydroxylation sites is 1. The highest BCUT2D eigenvalue weighted by molar-refractivity contribution is 6.25. The fourth-order valence-electron chi connectivity index (χ4n) is 7.90. The Kier molecular flexibility index (Phi) is 7.85. The number of nitrogens with zero attached hydrogens (tertiary/aromatic N) is 1. The van der Waals surface area contributed by atoms with Crippen molar-refractivity contribution in [2.24, 2.45) is 0 Å². The van der Waals surface area contributed by atoms with E-state index in [1.54, 1.807) is 0 Å². The second kappa shape index (κ2) is 13.4. The molecule has 0 radical (unpaired) electrons. The first-order chi connectivity index (χ1) is 26.8. The van der Waals surface area contributed by atoms with Crippen molar-refractivity contribution in [2.75, 3.05) is 4.90 Å². The lowest BCUT2D eigenvalue weighted by Crippen LogP contribution is -2.09. The van der Waals surface area contributed by atoms with Gasteiger partial charge in [-0.05, 0) is 104 Å². The van der Waals surface area contributed by atoms with E-state index in [2.05, 4.69) is 217 Å². The molecule has 0 saturated carbocycles. The average molecular weight is 690 g/mol. The van der Waals surface area contributed by atoms with Crippen LogP contribution in [0, 0.1) is 0 Å². The Labute approximate surface area is 314 Å². The summed E-state index contributed by atoms with van der Waals surface area (Å²) < 4.78 is 6.61. The molecule has 2 heteroatoms. The van der Waals surface area contributed by atoms with Crippen molar-refractivity contribution in [2.45, 2.75) is 0 Å². The molecular formula is C52H35NO. The van der Waals surface area contributed by atoms with E-state index in [0.29, 0.717) is 0 Å². The zero-order valence-electron chi connectivity index (χ0n) is 29.6. The Morgan fingerprint density at radius 1 is 0.278 bits per heavy atom. The van der Waals surface area contributed by atoms with E-state index in [1.807, 2.05) is 0 Å². The minimum atomic E-state index is 0.896. The molecule has 0 unspecified atom stereocenters. The molecule has 0 bridgehead atoms. The number of benzene rings is 9. The predicted molar refractivity (Wildman–Crippen MR) is 228 cm³/mol. The van der Waals surface area contributed by atoms with Gasteiger partial charge in [0.1, 0.15) is 11.2 Å². The van der Waals surface area contributed by atoms with Gasteiger partial charge in [0.15, 0.2) is 0 Å². The maximum absolute atomic E-state index is 6.61. The molecule has 0 N–H and O–H groups in total. The lowest BCUT2D eigenvalue weighted by atomic mass is 9.92. The van der Waals surface area contributed by atoms with Crippen LogP contribution in [-0.2, 0) is 0 Å². The van der Waals surface area contributed by atoms with Gasteiger partial charge in [0.05, 0.1) is 0 Å². The minimum Gasteiger partial charge on any atom is -0.456 e. The molecule has 10 aromatic rings.